The maximum atomic E-state index is 12.4. The first kappa shape index (κ1) is 17.1. The van der Waals surface area contributed by atoms with E-state index in [0.717, 1.165) is 47.6 Å². The number of nitrogens with one attached hydrogen (secondary N) is 1. The van der Waals surface area contributed by atoms with Gasteiger partial charge in [-0.05, 0) is 56.7 Å². The lowest BCUT2D eigenvalue weighted by Gasteiger charge is -2.35. The summed E-state index contributed by atoms with van der Waals surface area (Å²) in [6.45, 7) is 7.80. The summed E-state index contributed by atoms with van der Waals surface area (Å²) in [6, 6.07) is 4.50. The minimum absolute atomic E-state index is 0.264. The van der Waals surface area contributed by atoms with E-state index in [1.165, 1.54) is 6.42 Å². The van der Waals surface area contributed by atoms with Crippen molar-refractivity contribution in [1.29, 1.82) is 0 Å². The van der Waals surface area contributed by atoms with Crippen LogP contribution in [0.15, 0.2) is 12.1 Å². The highest BCUT2D eigenvalue weighted by molar-refractivity contribution is 6.33. The number of hydrogen-bond donors (Lipinski definition) is 1. The lowest BCUT2D eigenvalue weighted by molar-refractivity contribution is -0.134. The number of carbonyl (C=O) groups excluding carboxylic acids is 1. The average molecular weight is 323 g/mol. The molecule has 1 aliphatic heterocycles. The van der Waals surface area contributed by atoms with Crippen molar-refractivity contribution in [2.45, 2.75) is 58.9 Å². The van der Waals surface area contributed by atoms with Gasteiger partial charge in [0, 0.05) is 25.6 Å². The fourth-order valence-corrected chi connectivity index (χ4v) is 3.72. The van der Waals surface area contributed by atoms with E-state index < -0.39 is 0 Å². The Labute approximate surface area is 139 Å². The molecule has 0 aromatic heterocycles. The lowest BCUT2D eigenvalue weighted by atomic mass is 9.99. The Balaban J connectivity index is 1.89. The normalized spacial score (nSPS) is 18.4. The van der Waals surface area contributed by atoms with Crippen LogP contribution in [0, 0.1) is 13.8 Å². The zero-order valence-corrected chi connectivity index (χ0v) is 14.7. The molecule has 0 aliphatic carbocycles. The molecule has 1 heterocycles. The van der Waals surface area contributed by atoms with E-state index >= 15 is 0 Å². The van der Waals surface area contributed by atoms with Crippen LogP contribution in [0.5, 0.6) is 0 Å². The van der Waals surface area contributed by atoms with Crippen LogP contribution >= 0.6 is 11.6 Å². The minimum Gasteiger partial charge on any atom is -0.383 e. The first-order chi connectivity index (χ1) is 10.5. The summed E-state index contributed by atoms with van der Waals surface area (Å²) in [5, 5.41) is 4.06. The third-order valence-electron chi connectivity index (χ3n) is 4.49. The molecule has 3 nitrogen and oxygen atoms in total. The third-order valence-corrected chi connectivity index (χ3v) is 4.79. The van der Waals surface area contributed by atoms with Crippen molar-refractivity contribution in [1.82, 2.24) is 4.90 Å². The molecule has 4 heteroatoms. The number of anilines is 1. The van der Waals surface area contributed by atoms with Gasteiger partial charge in [0.05, 0.1) is 10.7 Å². The Morgan fingerprint density at radius 3 is 2.82 bits per heavy atom. The molecule has 1 unspecified atom stereocenters. The van der Waals surface area contributed by atoms with Gasteiger partial charge in [-0.25, -0.2) is 0 Å². The van der Waals surface area contributed by atoms with Gasteiger partial charge in [-0.1, -0.05) is 24.6 Å². The number of halogens is 1. The van der Waals surface area contributed by atoms with Gasteiger partial charge in [-0.2, -0.15) is 0 Å². The largest absolute Gasteiger partial charge is 0.383 e. The van der Waals surface area contributed by atoms with Crippen molar-refractivity contribution in [2.24, 2.45) is 0 Å². The predicted molar refractivity (Wildman–Crippen MR) is 93.7 cm³/mol. The summed E-state index contributed by atoms with van der Waals surface area (Å²) < 4.78 is 0. The van der Waals surface area contributed by atoms with E-state index in [1.54, 1.807) is 0 Å². The van der Waals surface area contributed by atoms with Crippen LogP contribution in [0.4, 0.5) is 5.69 Å². The molecule has 2 rings (SSSR count). The third kappa shape index (κ3) is 4.16. The summed E-state index contributed by atoms with van der Waals surface area (Å²) >= 11 is 6.29. The van der Waals surface area contributed by atoms with Gasteiger partial charge >= 0.3 is 0 Å². The van der Waals surface area contributed by atoms with Crippen LogP contribution in [0.1, 0.15) is 50.2 Å². The van der Waals surface area contributed by atoms with Crippen LogP contribution in [0.2, 0.25) is 5.02 Å². The Bertz CT molecular complexity index is 507. The maximum Gasteiger partial charge on any atom is 0.224 e. The van der Waals surface area contributed by atoms with Crippen molar-refractivity contribution in [3.63, 3.8) is 0 Å². The van der Waals surface area contributed by atoms with Gasteiger partial charge < -0.3 is 10.2 Å². The highest BCUT2D eigenvalue weighted by atomic mass is 35.5. The van der Waals surface area contributed by atoms with E-state index in [2.05, 4.69) is 23.2 Å². The number of carbonyl (C=O) groups is 1. The number of benzene rings is 1. The molecular weight excluding hydrogens is 296 g/mol. The van der Waals surface area contributed by atoms with Gasteiger partial charge in [0.1, 0.15) is 0 Å². The molecule has 1 saturated heterocycles. The average Bonchev–Trinajstić information content (AvgIpc) is 2.49. The Morgan fingerprint density at radius 1 is 1.36 bits per heavy atom. The van der Waals surface area contributed by atoms with Gasteiger partial charge in [-0.3, -0.25) is 4.79 Å². The van der Waals surface area contributed by atoms with Gasteiger partial charge in [0.15, 0.2) is 0 Å². The zero-order chi connectivity index (χ0) is 16.1. The van der Waals surface area contributed by atoms with E-state index in [0.29, 0.717) is 19.0 Å². The van der Waals surface area contributed by atoms with Crippen LogP contribution in [-0.2, 0) is 4.79 Å². The second-order valence-corrected chi connectivity index (χ2v) is 6.67. The Hall–Kier alpha value is -1.22. The monoisotopic (exact) mass is 322 g/mol. The molecule has 1 amide bonds. The number of likely N-dealkylation sites (tertiary alicyclic amines) is 1. The van der Waals surface area contributed by atoms with Crippen molar-refractivity contribution < 1.29 is 4.79 Å². The molecule has 1 aromatic carbocycles. The van der Waals surface area contributed by atoms with Crippen LogP contribution < -0.4 is 5.32 Å². The smallest absolute Gasteiger partial charge is 0.224 e. The molecule has 1 fully saturated rings. The first-order valence-electron chi connectivity index (χ1n) is 8.33. The molecule has 22 heavy (non-hydrogen) atoms. The molecule has 1 aliphatic rings. The summed E-state index contributed by atoms with van der Waals surface area (Å²) in [5.41, 5.74) is 3.23. The van der Waals surface area contributed by atoms with Gasteiger partial charge in [-0.15, -0.1) is 0 Å². The topological polar surface area (TPSA) is 32.3 Å². The molecule has 0 bridgehead atoms. The molecular formula is C18H27ClN2O. The Morgan fingerprint density at radius 2 is 2.14 bits per heavy atom. The Kier molecular flexibility index (Phi) is 6.13. The number of rotatable bonds is 5. The molecule has 122 valence electrons. The second-order valence-electron chi connectivity index (χ2n) is 6.26. The van der Waals surface area contributed by atoms with Gasteiger partial charge in [0.2, 0.25) is 5.91 Å². The summed E-state index contributed by atoms with van der Waals surface area (Å²) in [6.07, 6.45) is 5.12. The highest BCUT2D eigenvalue weighted by Gasteiger charge is 2.24. The summed E-state index contributed by atoms with van der Waals surface area (Å²) in [5.74, 6) is 0.264. The van der Waals surface area contributed by atoms with Crippen molar-refractivity contribution in [3.05, 3.63) is 28.3 Å². The summed E-state index contributed by atoms with van der Waals surface area (Å²) in [7, 11) is 0. The molecule has 1 atom stereocenters. The molecule has 0 radical (unpaired) electrons. The van der Waals surface area contributed by atoms with Crippen LogP contribution in [0.3, 0.4) is 0 Å². The lowest BCUT2D eigenvalue weighted by Crippen LogP contribution is -2.43. The van der Waals surface area contributed by atoms with E-state index in [-0.39, 0.29) is 5.91 Å². The van der Waals surface area contributed by atoms with Gasteiger partial charge in [0.25, 0.3) is 0 Å². The quantitative estimate of drug-likeness (QED) is 0.862. The maximum absolute atomic E-state index is 12.4. The van der Waals surface area contributed by atoms with Crippen molar-refractivity contribution in [2.75, 3.05) is 18.4 Å². The van der Waals surface area contributed by atoms with E-state index in [1.807, 2.05) is 19.9 Å². The summed E-state index contributed by atoms with van der Waals surface area (Å²) in [4.78, 5) is 14.5. The van der Waals surface area contributed by atoms with Crippen molar-refractivity contribution in [3.8, 4) is 0 Å². The number of hydrogen-bond acceptors (Lipinski definition) is 2. The second kappa shape index (κ2) is 7.87. The van der Waals surface area contributed by atoms with Crippen molar-refractivity contribution >= 4 is 23.2 Å². The first-order valence-corrected chi connectivity index (χ1v) is 8.70. The number of nitrogens with zero attached hydrogens (tertiary/aromatic N) is 1. The number of piperidine rings is 1. The SMILES string of the molecule is CCC1CCCCN1C(=O)CCNc1c(C)cc(C)cc1Cl. The van der Waals surface area contributed by atoms with E-state index in [9.17, 15) is 4.79 Å². The van der Waals surface area contributed by atoms with Crippen LogP contribution in [0.25, 0.3) is 0 Å². The molecule has 0 saturated carbocycles. The fraction of sp³-hybridized carbons (Fsp3) is 0.611. The molecule has 1 N–H and O–H groups in total. The predicted octanol–water partition coefficient (Wildman–Crippen LogP) is 4.55. The van der Waals surface area contributed by atoms with E-state index in [4.69, 9.17) is 11.6 Å². The minimum atomic E-state index is 0.264. The highest BCUT2D eigenvalue weighted by Crippen LogP contribution is 2.27. The number of amides is 1. The van der Waals surface area contributed by atoms with Crippen LogP contribution in [-0.4, -0.2) is 29.9 Å². The fourth-order valence-electron chi connectivity index (χ4n) is 3.33. The zero-order valence-electron chi connectivity index (χ0n) is 13.9. The molecule has 1 aromatic rings. The standard InChI is InChI=1S/C18H27ClN2O/c1-4-15-7-5-6-10-21(15)17(22)8-9-20-18-14(3)11-13(2)12-16(18)19/h11-12,15,20H,4-10H2,1-3H3. The number of aryl methyl sites for hydroxylation is 2. The molecule has 0 spiro atoms.